The molecule has 2 aromatic rings. The second kappa shape index (κ2) is 8.48. The van der Waals surface area contributed by atoms with Crippen LogP contribution in [0.3, 0.4) is 0 Å². The fourth-order valence-electron chi connectivity index (χ4n) is 3.22. The maximum atomic E-state index is 12.4. The van der Waals surface area contributed by atoms with Crippen LogP contribution in [-0.4, -0.2) is 45.1 Å². The lowest BCUT2D eigenvalue weighted by Crippen LogP contribution is -2.37. The van der Waals surface area contributed by atoms with Crippen molar-refractivity contribution in [2.45, 2.75) is 12.8 Å². The summed E-state index contributed by atoms with van der Waals surface area (Å²) < 4.78 is 25.2. The number of rotatable bonds is 7. The van der Waals surface area contributed by atoms with Gasteiger partial charge in [-0.05, 0) is 43.2 Å². The largest absolute Gasteiger partial charge is 0.372 e. The fourth-order valence-corrected chi connectivity index (χ4v) is 4.07. The van der Waals surface area contributed by atoms with Crippen LogP contribution in [0.15, 0.2) is 48.5 Å². The van der Waals surface area contributed by atoms with Gasteiger partial charge in [-0.25, -0.2) is 8.42 Å². The van der Waals surface area contributed by atoms with Crippen LogP contribution in [0.4, 0.5) is 22.7 Å². The predicted octanol–water partition coefficient (Wildman–Crippen LogP) is 2.60. The zero-order valence-electron chi connectivity index (χ0n) is 15.9. The summed E-state index contributed by atoms with van der Waals surface area (Å²) in [4.78, 5) is 25.1. The molecule has 9 nitrogen and oxygen atoms in total. The van der Waals surface area contributed by atoms with Gasteiger partial charge in [0.05, 0.1) is 16.9 Å². The van der Waals surface area contributed by atoms with Crippen molar-refractivity contribution in [3.05, 3.63) is 58.6 Å². The van der Waals surface area contributed by atoms with Crippen LogP contribution in [0.1, 0.15) is 12.8 Å². The molecule has 0 spiro atoms. The van der Waals surface area contributed by atoms with E-state index < -0.39 is 27.4 Å². The van der Waals surface area contributed by atoms with Crippen LogP contribution in [-0.2, 0) is 14.8 Å². The molecule has 0 aliphatic carbocycles. The molecular formula is C19H22N4O5S. The summed E-state index contributed by atoms with van der Waals surface area (Å²) in [6.45, 7) is 1.53. The number of benzene rings is 2. The van der Waals surface area contributed by atoms with Crippen LogP contribution in [0.2, 0.25) is 0 Å². The van der Waals surface area contributed by atoms with E-state index in [9.17, 15) is 23.3 Å². The summed E-state index contributed by atoms with van der Waals surface area (Å²) in [5.41, 5.74) is 1.43. The first-order valence-electron chi connectivity index (χ1n) is 9.11. The standard InChI is InChI=1S/C19H22N4O5S/c1-29(27,28)22(17-5-4-6-18(13-17)23(25)26)14-19(24)20-15-7-9-16(10-8-15)21-11-2-3-12-21/h4-10,13H,2-3,11-12,14H2,1H3,(H,20,24). The molecule has 1 fully saturated rings. The Bertz CT molecular complexity index is 1000. The van der Waals surface area contributed by atoms with Crippen LogP contribution in [0, 0.1) is 10.1 Å². The second-order valence-corrected chi connectivity index (χ2v) is 8.74. The molecule has 0 atom stereocenters. The lowest BCUT2D eigenvalue weighted by atomic mass is 10.2. The first-order chi connectivity index (χ1) is 13.7. The molecule has 1 aliphatic heterocycles. The minimum Gasteiger partial charge on any atom is -0.372 e. The number of non-ortho nitro benzene ring substituents is 1. The minimum atomic E-state index is -3.82. The third kappa shape index (κ3) is 5.23. The quantitative estimate of drug-likeness (QED) is 0.546. The molecule has 154 valence electrons. The van der Waals surface area contributed by atoms with Crippen molar-refractivity contribution in [1.82, 2.24) is 0 Å². The maximum Gasteiger partial charge on any atom is 0.271 e. The zero-order chi connectivity index (χ0) is 21.0. The second-order valence-electron chi connectivity index (χ2n) is 6.84. The van der Waals surface area contributed by atoms with E-state index in [1.165, 1.54) is 18.2 Å². The maximum absolute atomic E-state index is 12.4. The summed E-state index contributed by atoms with van der Waals surface area (Å²) in [6.07, 6.45) is 3.28. The Morgan fingerprint density at radius 3 is 2.41 bits per heavy atom. The first kappa shape index (κ1) is 20.6. The number of nitrogens with one attached hydrogen (secondary N) is 1. The number of carbonyl (C=O) groups is 1. The molecule has 29 heavy (non-hydrogen) atoms. The molecular weight excluding hydrogens is 396 g/mol. The van der Waals surface area contributed by atoms with E-state index in [2.05, 4.69) is 10.2 Å². The number of nitrogens with zero attached hydrogens (tertiary/aromatic N) is 3. The van der Waals surface area contributed by atoms with E-state index in [0.29, 0.717) is 5.69 Å². The number of anilines is 3. The smallest absolute Gasteiger partial charge is 0.271 e. The SMILES string of the molecule is CS(=O)(=O)N(CC(=O)Nc1ccc(N2CCCC2)cc1)c1cccc([N+](=O)[O-])c1. The zero-order valence-corrected chi connectivity index (χ0v) is 16.8. The highest BCUT2D eigenvalue weighted by molar-refractivity contribution is 7.92. The van der Waals surface area contributed by atoms with E-state index in [1.807, 2.05) is 12.1 Å². The van der Waals surface area contributed by atoms with E-state index in [4.69, 9.17) is 0 Å². The summed E-state index contributed by atoms with van der Waals surface area (Å²) in [5.74, 6) is -0.546. The Morgan fingerprint density at radius 2 is 1.83 bits per heavy atom. The molecule has 0 aromatic heterocycles. The number of nitro groups is 1. The van der Waals surface area contributed by atoms with Gasteiger partial charge in [0.2, 0.25) is 15.9 Å². The average Bonchev–Trinajstić information content (AvgIpc) is 3.20. The summed E-state index contributed by atoms with van der Waals surface area (Å²) in [7, 11) is -3.82. The number of carbonyl (C=O) groups excluding carboxylic acids is 1. The molecule has 3 rings (SSSR count). The lowest BCUT2D eigenvalue weighted by Gasteiger charge is -2.22. The summed E-state index contributed by atoms with van der Waals surface area (Å²) in [5, 5.41) is 13.6. The Labute approximate surface area is 169 Å². The average molecular weight is 418 g/mol. The molecule has 0 saturated carbocycles. The fraction of sp³-hybridized carbons (Fsp3) is 0.316. The van der Waals surface area contributed by atoms with Gasteiger partial charge >= 0.3 is 0 Å². The monoisotopic (exact) mass is 418 g/mol. The number of sulfonamides is 1. The highest BCUT2D eigenvalue weighted by Gasteiger charge is 2.22. The Morgan fingerprint density at radius 1 is 1.17 bits per heavy atom. The van der Waals surface area contributed by atoms with Crippen molar-refractivity contribution in [3.63, 3.8) is 0 Å². The molecule has 2 aromatic carbocycles. The van der Waals surface area contributed by atoms with Crippen molar-refractivity contribution in [2.75, 3.05) is 40.4 Å². The topological polar surface area (TPSA) is 113 Å². The van der Waals surface area contributed by atoms with Crippen LogP contribution < -0.4 is 14.5 Å². The van der Waals surface area contributed by atoms with Gasteiger partial charge in [0, 0.05) is 36.6 Å². The predicted molar refractivity (Wildman–Crippen MR) is 112 cm³/mol. The Hall–Kier alpha value is -3.14. The van der Waals surface area contributed by atoms with Gasteiger partial charge < -0.3 is 10.2 Å². The van der Waals surface area contributed by atoms with E-state index in [0.717, 1.165) is 48.2 Å². The van der Waals surface area contributed by atoms with E-state index in [-0.39, 0.29) is 11.4 Å². The number of hydrogen-bond donors (Lipinski definition) is 1. The van der Waals surface area contributed by atoms with Crippen molar-refractivity contribution in [2.24, 2.45) is 0 Å². The number of hydrogen-bond acceptors (Lipinski definition) is 6. The molecule has 1 aliphatic rings. The van der Waals surface area contributed by atoms with Crippen LogP contribution in [0.25, 0.3) is 0 Å². The van der Waals surface area contributed by atoms with Gasteiger partial charge in [0.15, 0.2) is 0 Å². The van der Waals surface area contributed by atoms with Gasteiger partial charge in [0.25, 0.3) is 5.69 Å². The number of nitro benzene ring substituents is 1. The Kier molecular flexibility index (Phi) is 6.02. The van der Waals surface area contributed by atoms with Crippen molar-refractivity contribution in [1.29, 1.82) is 0 Å². The minimum absolute atomic E-state index is 0.0567. The molecule has 0 bridgehead atoms. The molecule has 1 saturated heterocycles. The van der Waals surface area contributed by atoms with Crippen molar-refractivity contribution >= 4 is 38.7 Å². The highest BCUT2D eigenvalue weighted by atomic mass is 32.2. The summed E-state index contributed by atoms with van der Waals surface area (Å²) in [6, 6.07) is 12.5. The number of amides is 1. The van der Waals surface area contributed by atoms with Gasteiger partial charge in [0.1, 0.15) is 6.54 Å². The molecule has 0 radical (unpaired) electrons. The third-order valence-corrected chi connectivity index (χ3v) is 5.78. The van der Waals surface area contributed by atoms with Crippen molar-refractivity contribution in [3.8, 4) is 0 Å². The third-order valence-electron chi connectivity index (χ3n) is 4.64. The molecule has 0 unspecified atom stereocenters. The lowest BCUT2D eigenvalue weighted by molar-refractivity contribution is -0.384. The molecule has 1 amide bonds. The highest BCUT2D eigenvalue weighted by Crippen LogP contribution is 2.24. The van der Waals surface area contributed by atoms with Gasteiger partial charge in [-0.3, -0.25) is 19.2 Å². The van der Waals surface area contributed by atoms with E-state index >= 15 is 0 Å². The Balaban J connectivity index is 1.72. The van der Waals surface area contributed by atoms with Gasteiger partial charge in [-0.15, -0.1) is 0 Å². The van der Waals surface area contributed by atoms with Gasteiger partial charge in [-0.2, -0.15) is 0 Å². The molecule has 10 heteroatoms. The first-order valence-corrected chi connectivity index (χ1v) is 11.0. The summed E-state index contributed by atoms with van der Waals surface area (Å²) >= 11 is 0. The van der Waals surface area contributed by atoms with E-state index in [1.54, 1.807) is 12.1 Å². The molecule has 1 N–H and O–H groups in total. The normalized spacial score (nSPS) is 13.9. The van der Waals surface area contributed by atoms with Crippen LogP contribution >= 0.6 is 0 Å². The van der Waals surface area contributed by atoms with Crippen molar-refractivity contribution < 1.29 is 18.1 Å². The van der Waals surface area contributed by atoms with Gasteiger partial charge in [-0.1, -0.05) is 6.07 Å². The molecule has 1 heterocycles. The van der Waals surface area contributed by atoms with Crippen LogP contribution in [0.5, 0.6) is 0 Å².